The molecule has 0 amide bonds. The van der Waals surface area contributed by atoms with Crippen molar-refractivity contribution in [2.45, 2.75) is 6.42 Å². The fourth-order valence-electron chi connectivity index (χ4n) is 2.43. The second-order valence-corrected chi connectivity index (χ2v) is 5.82. The maximum atomic E-state index is 5.86. The van der Waals surface area contributed by atoms with Crippen molar-refractivity contribution in [3.05, 3.63) is 23.8 Å². The molecule has 5 heteroatoms. The summed E-state index contributed by atoms with van der Waals surface area (Å²) in [4.78, 5) is 6.70. The Bertz CT molecular complexity index is 647. The van der Waals surface area contributed by atoms with Crippen LogP contribution in [0.25, 0.3) is 15.8 Å². The Kier molecular flexibility index (Phi) is 3.16. The molecule has 0 saturated heterocycles. The number of nitrogen functional groups attached to an aromatic ring is 1. The molecule has 4 nitrogen and oxygen atoms in total. The molecule has 1 aliphatic rings. The van der Waals surface area contributed by atoms with Crippen molar-refractivity contribution in [1.29, 1.82) is 0 Å². The third-order valence-electron chi connectivity index (χ3n) is 3.50. The Morgan fingerprint density at radius 2 is 2.26 bits per heavy atom. The lowest BCUT2D eigenvalue weighted by atomic mass is 9.99. The van der Waals surface area contributed by atoms with Crippen LogP contribution in [-0.2, 0) is 0 Å². The van der Waals surface area contributed by atoms with Gasteiger partial charge in [0.1, 0.15) is 11.3 Å². The van der Waals surface area contributed by atoms with Gasteiger partial charge in [-0.3, -0.25) is 0 Å². The number of nitrogens with two attached hydrogens (primary N) is 1. The topological polar surface area (TPSA) is 51.4 Å². The summed E-state index contributed by atoms with van der Waals surface area (Å²) in [7, 11) is 3.81. The summed E-state index contributed by atoms with van der Waals surface area (Å²) in [5, 5.41) is 0.592. The van der Waals surface area contributed by atoms with E-state index in [4.69, 9.17) is 10.5 Å². The van der Waals surface area contributed by atoms with E-state index in [2.05, 4.69) is 29.1 Å². The minimum Gasteiger partial charge on any atom is -0.494 e. The Hall–Kier alpha value is -1.59. The molecule has 100 valence electrons. The number of rotatable bonds is 2. The van der Waals surface area contributed by atoms with E-state index in [1.807, 2.05) is 6.07 Å². The van der Waals surface area contributed by atoms with Crippen molar-refractivity contribution >= 4 is 32.3 Å². The third kappa shape index (κ3) is 2.19. The number of anilines is 1. The number of hydrogen-bond donors (Lipinski definition) is 1. The number of methoxy groups -OCH3 is 1. The predicted octanol–water partition coefficient (Wildman–Crippen LogP) is 2.61. The normalized spacial score (nSPS) is 16.6. The van der Waals surface area contributed by atoms with Crippen molar-refractivity contribution in [3.63, 3.8) is 0 Å². The Morgan fingerprint density at radius 1 is 1.42 bits per heavy atom. The largest absolute Gasteiger partial charge is 0.494 e. The lowest BCUT2D eigenvalue weighted by molar-refractivity contribution is 0.370. The van der Waals surface area contributed by atoms with Crippen molar-refractivity contribution < 1.29 is 4.74 Å². The maximum Gasteiger partial charge on any atom is 0.181 e. The molecule has 0 fully saturated rings. The zero-order valence-electron chi connectivity index (χ0n) is 11.1. The summed E-state index contributed by atoms with van der Waals surface area (Å²) in [5.41, 5.74) is 9.37. The monoisotopic (exact) mass is 275 g/mol. The van der Waals surface area contributed by atoms with Crippen LogP contribution in [0.4, 0.5) is 5.13 Å². The van der Waals surface area contributed by atoms with E-state index in [9.17, 15) is 0 Å². The van der Waals surface area contributed by atoms with Gasteiger partial charge in [-0.1, -0.05) is 17.4 Å². The SMILES string of the molecule is COc1ccc(C2=CCN(C)CC2)c2sc(N)nc12. The van der Waals surface area contributed by atoms with E-state index in [-0.39, 0.29) is 0 Å². The fraction of sp³-hybridized carbons (Fsp3) is 0.357. The number of likely N-dealkylation sites (N-methyl/N-ethyl adjacent to an activating group) is 1. The Morgan fingerprint density at radius 3 is 2.95 bits per heavy atom. The minimum absolute atomic E-state index is 0.592. The van der Waals surface area contributed by atoms with Crippen molar-refractivity contribution in [2.75, 3.05) is 33.0 Å². The highest BCUT2D eigenvalue weighted by Crippen LogP contribution is 2.38. The number of aromatic nitrogens is 1. The van der Waals surface area contributed by atoms with Gasteiger partial charge in [-0.2, -0.15) is 0 Å². The second-order valence-electron chi connectivity index (χ2n) is 4.79. The molecule has 0 radical (unpaired) electrons. The molecule has 0 unspecified atom stereocenters. The van der Waals surface area contributed by atoms with Crippen LogP contribution < -0.4 is 10.5 Å². The molecule has 2 aromatic rings. The summed E-state index contributed by atoms with van der Waals surface area (Å²) in [6, 6.07) is 4.10. The van der Waals surface area contributed by atoms with E-state index < -0.39 is 0 Å². The minimum atomic E-state index is 0.592. The number of ether oxygens (including phenoxy) is 1. The Labute approximate surface area is 116 Å². The first-order valence-electron chi connectivity index (χ1n) is 6.30. The molecule has 19 heavy (non-hydrogen) atoms. The zero-order chi connectivity index (χ0) is 13.4. The summed E-state index contributed by atoms with van der Waals surface area (Å²) < 4.78 is 6.49. The van der Waals surface area contributed by atoms with Gasteiger partial charge in [0.15, 0.2) is 5.13 Å². The van der Waals surface area contributed by atoms with Gasteiger partial charge in [-0.15, -0.1) is 0 Å². The van der Waals surface area contributed by atoms with Gasteiger partial charge >= 0.3 is 0 Å². The van der Waals surface area contributed by atoms with Crippen LogP contribution in [0.2, 0.25) is 0 Å². The summed E-state index contributed by atoms with van der Waals surface area (Å²) in [5.74, 6) is 0.792. The van der Waals surface area contributed by atoms with Crippen LogP contribution in [0.5, 0.6) is 5.75 Å². The standard InChI is InChI=1S/C14H17N3OS/c1-17-7-5-9(6-8-17)10-3-4-11(18-2)12-13(10)19-14(15)16-12/h3-5H,6-8H2,1-2H3,(H2,15,16). The first-order chi connectivity index (χ1) is 9.19. The summed E-state index contributed by atoms with van der Waals surface area (Å²) >= 11 is 1.53. The third-order valence-corrected chi connectivity index (χ3v) is 4.42. The lowest BCUT2D eigenvalue weighted by Gasteiger charge is -2.22. The molecule has 1 aliphatic heterocycles. The smallest absolute Gasteiger partial charge is 0.181 e. The quantitative estimate of drug-likeness (QED) is 0.915. The number of fused-ring (bicyclic) bond motifs is 1. The number of thiazole rings is 1. The molecule has 1 aromatic carbocycles. The predicted molar refractivity (Wildman–Crippen MR) is 80.7 cm³/mol. The van der Waals surface area contributed by atoms with Gasteiger partial charge in [-0.25, -0.2) is 4.98 Å². The van der Waals surface area contributed by atoms with Gasteiger partial charge < -0.3 is 15.4 Å². The molecule has 3 rings (SSSR count). The van der Waals surface area contributed by atoms with Gasteiger partial charge in [0.25, 0.3) is 0 Å². The average molecular weight is 275 g/mol. The molecular formula is C14H17N3OS. The molecule has 2 N–H and O–H groups in total. The van der Waals surface area contributed by atoms with Crippen molar-refractivity contribution in [3.8, 4) is 5.75 Å². The molecule has 0 aliphatic carbocycles. The molecule has 0 saturated carbocycles. The van der Waals surface area contributed by atoms with Crippen LogP contribution in [0.3, 0.4) is 0 Å². The van der Waals surface area contributed by atoms with Gasteiger partial charge in [-0.05, 0) is 36.7 Å². The van der Waals surface area contributed by atoms with E-state index in [0.29, 0.717) is 5.13 Å². The Balaban J connectivity index is 2.14. The highest BCUT2D eigenvalue weighted by Gasteiger charge is 2.16. The van der Waals surface area contributed by atoms with Crippen molar-refractivity contribution in [1.82, 2.24) is 9.88 Å². The van der Waals surface area contributed by atoms with Gasteiger partial charge in [0.2, 0.25) is 0 Å². The number of benzene rings is 1. The van der Waals surface area contributed by atoms with E-state index >= 15 is 0 Å². The van der Waals surface area contributed by atoms with Crippen LogP contribution in [0.15, 0.2) is 18.2 Å². The maximum absolute atomic E-state index is 5.86. The summed E-state index contributed by atoms with van der Waals surface area (Å²) in [6.45, 7) is 2.09. The first-order valence-corrected chi connectivity index (χ1v) is 7.11. The van der Waals surface area contributed by atoms with Gasteiger partial charge in [0, 0.05) is 13.1 Å². The van der Waals surface area contributed by atoms with Crippen LogP contribution in [-0.4, -0.2) is 37.1 Å². The molecule has 0 bridgehead atoms. The number of hydrogen-bond acceptors (Lipinski definition) is 5. The van der Waals surface area contributed by atoms with Crippen LogP contribution in [0.1, 0.15) is 12.0 Å². The molecule has 0 spiro atoms. The van der Waals surface area contributed by atoms with Crippen molar-refractivity contribution in [2.24, 2.45) is 0 Å². The first kappa shape index (κ1) is 12.4. The fourth-order valence-corrected chi connectivity index (χ4v) is 3.33. The molecule has 1 aromatic heterocycles. The van der Waals surface area contributed by atoms with Crippen LogP contribution in [0, 0.1) is 0 Å². The number of nitrogens with zero attached hydrogens (tertiary/aromatic N) is 2. The van der Waals surface area contributed by atoms with Crippen LogP contribution >= 0.6 is 11.3 Å². The summed E-state index contributed by atoms with van der Waals surface area (Å²) in [6.07, 6.45) is 3.36. The van der Waals surface area contributed by atoms with Gasteiger partial charge in [0.05, 0.1) is 11.8 Å². The lowest BCUT2D eigenvalue weighted by Crippen LogP contribution is -2.23. The zero-order valence-corrected chi connectivity index (χ0v) is 12.0. The molecule has 0 atom stereocenters. The molecule has 2 heterocycles. The van der Waals surface area contributed by atoms with E-state index in [1.165, 1.54) is 22.5 Å². The van der Waals surface area contributed by atoms with E-state index in [1.54, 1.807) is 7.11 Å². The average Bonchev–Trinajstić information content (AvgIpc) is 2.80. The molecular weight excluding hydrogens is 258 g/mol. The van der Waals surface area contributed by atoms with E-state index in [0.717, 1.165) is 35.5 Å². The highest BCUT2D eigenvalue weighted by molar-refractivity contribution is 7.22. The second kappa shape index (κ2) is 4.83. The highest BCUT2D eigenvalue weighted by atomic mass is 32.1.